The van der Waals surface area contributed by atoms with Gasteiger partial charge in [-0.05, 0) is 39.7 Å². The normalized spacial score (nSPS) is 29.8. The Hall–Kier alpha value is -0.610. The summed E-state index contributed by atoms with van der Waals surface area (Å²) in [5, 5.41) is 0. The molecule has 0 aromatic rings. The van der Waals surface area contributed by atoms with E-state index in [0.717, 1.165) is 13.0 Å². The number of carbonyl (C=O) groups excluding carboxylic acids is 1. The number of nitrogens with two attached hydrogens (primary N) is 1. The lowest BCUT2D eigenvalue weighted by atomic mass is 9.87. The van der Waals surface area contributed by atoms with Crippen LogP contribution in [0, 0.1) is 0 Å². The van der Waals surface area contributed by atoms with Gasteiger partial charge >= 0.3 is 0 Å². The quantitative estimate of drug-likeness (QED) is 0.845. The number of nitrogens with zero attached hydrogens (tertiary/aromatic N) is 2. The number of amides is 1. The van der Waals surface area contributed by atoms with Gasteiger partial charge in [-0.25, -0.2) is 0 Å². The summed E-state index contributed by atoms with van der Waals surface area (Å²) in [4.78, 5) is 17.0. The molecule has 2 aliphatic rings. The van der Waals surface area contributed by atoms with E-state index in [4.69, 9.17) is 5.73 Å². The first-order chi connectivity index (χ1) is 8.97. The van der Waals surface area contributed by atoms with Crippen LogP contribution >= 0.6 is 0 Å². The van der Waals surface area contributed by atoms with E-state index < -0.39 is 0 Å². The Bertz CT molecular complexity index is 323. The van der Waals surface area contributed by atoms with Crippen molar-refractivity contribution >= 4 is 5.91 Å². The molecule has 4 nitrogen and oxygen atoms in total. The summed E-state index contributed by atoms with van der Waals surface area (Å²) in [6.07, 6.45) is 7.24. The SMILES string of the molecule is CN1C(=O)C(CCN)N(C2CCCCC2)CC1(C)C. The fourth-order valence-corrected chi connectivity index (χ4v) is 3.57. The molecule has 0 radical (unpaired) electrons. The Morgan fingerprint density at radius 1 is 1.26 bits per heavy atom. The maximum absolute atomic E-state index is 12.6. The molecule has 1 saturated carbocycles. The monoisotopic (exact) mass is 267 g/mol. The molecule has 1 saturated heterocycles. The molecule has 0 aromatic heterocycles. The molecule has 2 N–H and O–H groups in total. The van der Waals surface area contributed by atoms with E-state index in [2.05, 4.69) is 18.7 Å². The van der Waals surface area contributed by atoms with Gasteiger partial charge in [0.15, 0.2) is 0 Å². The zero-order valence-corrected chi connectivity index (χ0v) is 12.7. The highest BCUT2D eigenvalue weighted by atomic mass is 16.2. The van der Waals surface area contributed by atoms with Gasteiger partial charge in [-0.1, -0.05) is 19.3 Å². The summed E-state index contributed by atoms with van der Waals surface area (Å²) in [6.45, 7) is 5.90. The van der Waals surface area contributed by atoms with E-state index in [-0.39, 0.29) is 17.5 Å². The van der Waals surface area contributed by atoms with Crippen LogP contribution in [0.1, 0.15) is 52.4 Å². The first kappa shape index (κ1) is 14.8. The van der Waals surface area contributed by atoms with E-state index in [0.29, 0.717) is 12.6 Å². The van der Waals surface area contributed by atoms with E-state index in [1.54, 1.807) is 0 Å². The highest BCUT2D eigenvalue weighted by Gasteiger charge is 2.44. The van der Waals surface area contributed by atoms with Crippen molar-refractivity contribution in [2.24, 2.45) is 5.73 Å². The first-order valence-electron chi connectivity index (χ1n) is 7.71. The largest absolute Gasteiger partial charge is 0.338 e. The summed E-state index contributed by atoms with van der Waals surface area (Å²) in [5.41, 5.74) is 5.66. The van der Waals surface area contributed by atoms with Gasteiger partial charge in [0.05, 0.1) is 6.04 Å². The topological polar surface area (TPSA) is 49.6 Å². The molecule has 1 heterocycles. The van der Waals surface area contributed by atoms with Crippen molar-refractivity contribution in [1.82, 2.24) is 9.80 Å². The average molecular weight is 267 g/mol. The Balaban J connectivity index is 2.18. The molecule has 0 aromatic carbocycles. The van der Waals surface area contributed by atoms with Crippen LogP contribution in [-0.2, 0) is 4.79 Å². The van der Waals surface area contributed by atoms with Crippen molar-refractivity contribution in [2.45, 2.75) is 70.0 Å². The lowest BCUT2D eigenvalue weighted by Crippen LogP contribution is -2.67. The minimum absolute atomic E-state index is 0.00567. The molecule has 110 valence electrons. The van der Waals surface area contributed by atoms with Gasteiger partial charge in [-0.2, -0.15) is 0 Å². The lowest BCUT2D eigenvalue weighted by molar-refractivity contribution is -0.152. The number of piperazine rings is 1. The third-order valence-electron chi connectivity index (χ3n) is 4.98. The van der Waals surface area contributed by atoms with Crippen molar-refractivity contribution < 1.29 is 4.79 Å². The van der Waals surface area contributed by atoms with Crippen molar-refractivity contribution in [1.29, 1.82) is 0 Å². The third-order valence-corrected chi connectivity index (χ3v) is 4.98. The third kappa shape index (κ3) is 2.95. The smallest absolute Gasteiger partial charge is 0.240 e. The molecule has 4 heteroatoms. The molecule has 0 spiro atoms. The second-order valence-corrected chi connectivity index (χ2v) is 6.77. The molecule has 1 amide bonds. The van der Waals surface area contributed by atoms with Crippen LogP contribution in [0.15, 0.2) is 0 Å². The number of rotatable bonds is 3. The summed E-state index contributed by atoms with van der Waals surface area (Å²) in [6, 6.07) is 0.591. The van der Waals surface area contributed by atoms with E-state index in [1.165, 1.54) is 32.1 Å². The minimum Gasteiger partial charge on any atom is -0.338 e. The lowest BCUT2D eigenvalue weighted by Gasteiger charge is -2.52. The molecular formula is C15H29N3O. The van der Waals surface area contributed by atoms with Gasteiger partial charge < -0.3 is 10.6 Å². The second kappa shape index (κ2) is 5.80. The van der Waals surface area contributed by atoms with Crippen molar-refractivity contribution in [3.8, 4) is 0 Å². The fraction of sp³-hybridized carbons (Fsp3) is 0.933. The van der Waals surface area contributed by atoms with E-state index >= 15 is 0 Å². The van der Waals surface area contributed by atoms with Crippen molar-refractivity contribution in [3.63, 3.8) is 0 Å². The second-order valence-electron chi connectivity index (χ2n) is 6.77. The Labute approximate surface area is 117 Å². The number of hydrogen-bond acceptors (Lipinski definition) is 3. The minimum atomic E-state index is -0.0698. The standard InChI is InChI=1S/C15H29N3O/c1-15(2)11-18(12-7-5-4-6-8-12)13(9-10-16)14(19)17(15)3/h12-13H,4-11,16H2,1-3H3. The summed E-state index contributed by atoms with van der Waals surface area (Å²) < 4.78 is 0. The summed E-state index contributed by atoms with van der Waals surface area (Å²) in [7, 11) is 1.93. The van der Waals surface area contributed by atoms with Gasteiger partial charge in [0, 0.05) is 25.2 Å². The molecule has 1 atom stereocenters. The Morgan fingerprint density at radius 2 is 1.89 bits per heavy atom. The van der Waals surface area contributed by atoms with Crippen LogP contribution in [0.3, 0.4) is 0 Å². The highest BCUT2D eigenvalue weighted by Crippen LogP contribution is 2.32. The highest BCUT2D eigenvalue weighted by molar-refractivity contribution is 5.83. The number of likely N-dealkylation sites (N-methyl/N-ethyl adjacent to an activating group) is 1. The van der Waals surface area contributed by atoms with Crippen LogP contribution in [-0.4, -0.2) is 53.5 Å². The van der Waals surface area contributed by atoms with Crippen LogP contribution in [0.25, 0.3) is 0 Å². The van der Waals surface area contributed by atoms with Gasteiger partial charge in [-0.15, -0.1) is 0 Å². The zero-order chi connectivity index (χ0) is 14.0. The van der Waals surface area contributed by atoms with Gasteiger partial charge in [0.25, 0.3) is 0 Å². The van der Waals surface area contributed by atoms with E-state index in [1.807, 2.05) is 11.9 Å². The molecule has 1 aliphatic carbocycles. The summed E-state index contributed by atoms with van der Waals surface area (Å²) >= 11 is 0. The molecule has 1 aliphatic heterocycles. The number of carbonyl (C=O) groups is 1. The van der Waals surface area contributed by atoms with Crippen LogP contribution in [0.5, 0.6) is 0 Å². The molecular weight excluding hydrogens is 238 g/mol. The van der Waals surface area contributed by atoms with E-state index in [9.17, 15) is 4.79 Å². The van der Waals surface area contributed by atoms with Gasteiger partial charge in [0.1, 0.15) is 0 Å². The Morgan fingerprint density at radius 3 is 2.47 bits per heavy atom. The van der Waals surface area contributed by atoms with Gasteiger partial charge in [0.2, 0.25) is 5.91 Å². The van der Waals surface area contributed by atoms with Gasteiger partial charge in [-0.3, -0.25) is 9.69 Å². The maximum Gasteiger partial charge on any atom is 0.240 e. The fourth-order valence-electron chi connectivity index (χ4n) is 3.57. The van der Waals surface area contributed by atoms with Crippen LogP contribution in [0.2, 0.25) is 0 Å². The predicted molar refractivity (Wildman–Crippen MR) is 77.9 cm³/mol. The van der Waals surface area contributed by atoms with Crippen molar-refractivity contribution in [2.75, 3.05) is 20.1 Å². The molecule has 2 rings (SSSR count). The summed E-state index contributed by atoms with van der Waals surface area (Å²) in [5.74, 6) is 0.257. The predicted octanol–water partition coefficient (Wildman–Crippen LogP) is 1.59. The van der Waals surface area contributed by atoms with Crippen molar-refractivity contribution in [3.05, 3.63) is 0 Å². The molecule has 0 bridgehead atoms. The average Bonchev–Trinajstić information content (AvgIpc) is 2.40. The van der Waals surface area contributed by atoms with Crippen LogP contribution in [0.4, 0.5) is 0 Å². The number of hydrogen-bond donors (Lipinski definition) is 1. The first-order valence-corrected chi connectivity index (χ1v) is 7.71. The maximum atomic E-state index is 12.6. The van der Waals surface area contributed by atoms with Crippen LogP contribution < -0.4 is 5.73 Å². The molecule has 1 unspecified atom stereocenters. The Kier molecular flexibility index (Phi) is 4.51. The molecule has 2 fully saturated rings. The molecule has 19 heavy (non-hydrogen) atoms. The zero-order valence-electron chi connectivity index (χ0n) is 12.7.